The van der Waals surface area contributed by atoms with Crippen molar-refractivity contribution in [2.45, 2.75) is 39.0 Å². The summed E-state index contributed by atoms with van der Waals surface area (Å²) in [6.45, 7) is 7.22. The van der Waals surface area contributed by atoms with Gasteiger partial charge in [0.25, 0.3) is 5.91 Å². The third-order valence-electron chi connectivity index (χ3n) is 5.26. The summed E-state index contributed by atoms with van der Waals surface area (Å²) in [4.78, 5) is 48.2. The lowest BCUT2D eigenvalue weighted by molar-refractivity contribution is -0.141. The van der Waals surface area contributed by atoms with E-state index in [-0.39, 0.29) is 29.6 Å². The number of nitrogens with one attached hydrogen (secondary N) is 2. The molecule has 0 radical (unpaired) electrons. The van der Waals surface area contributed by atoms with Gasteiger partial charge in [0.2, 0.25) is 5.91 Å². The largest absolute Gasteiger partial charge is 0.456 e. The van der Waals surface area contributed by atoms with Gasteiger partial charge in [0.1, 0.15) is 6.54 Å². The number of Topliss-reactive ketones (excluding diaryl/α,β-unsaturated/α-hetero) is 1. The van der Waals surface area contributed by atoms with Crippen LogP contribution in [0.3, 0.4) is 0 Å². The summed E-state index contributed by atoms with van der Waals surface area (Å²) in [6, 6.07) is 12.1. The van der Waals surface area contributed by atoms with Gasteiger partial charge in [0.15, 0.2) is 12.4 Å². The summed E-state index contributed by atoms with van der Waals surface area (Å²) in [5, 5.41) is 5.23. The molecule has 2 N–H and O–H groups in total. The van der Waals surface area contributed by atoms with Crippen molar-refractivity contribution >= 4 is 29.3 Å². The van der Waals surface area contributed by atoms with Crippen LogP contribution >= 0.6 is 0 Å². The van der Waals surface area contributed by atoms with Gasteiger partial charge in [-0.05, 0) is 53.8 Å². The van der Waals surface area contributed by atoms with Crippen LogP contribution < -0.4 is 10.6 Å². The summed E-state index contributed by atoms with van der Waals surface area (Å²) < 4.78 is 4.99. The zero-order valence-corrected chi connectivity index (χ0v) is 18.1. The summed E-state index contributed by atoms with van der Waals surface area (Å²) in [6.07, 6.45) is 0. The number of hydrogen-bond donors (Lipinski definition) is 2. The minimum atomic E-state index is -0.709. The van der Waals surface area contributed by atoms with E-state index >= 15 is 0 Å². The first-order chi connectivity index (χ1) is 14.6. The second-order valence-corrected chi connectivity index (χ2v) is 8.61. The number of esters is 1. The van der Waals surface area contributed by atoms with Gasteiger partial charge in [-0.15, -0.1) is 0 Å². The third-order valence-corrected chi connectivity index (χ3v) is 5.26. The van der Waals surface area contributed by atoms with Crippen LogP contribution in [0.25, 0.3) is 0 Å². The Labute approximate surface area is 181 Å². The van der Waals surface area contributed by atoms with E-state index in [1.165, 1.54) is 0 Å². The zero-order valence-electron chi connectivity index (χ0n) is 18.1. The van der Waals surface area contributed by atoms with Crippen LogP contribution in [0.2, 0.25) is 0 Å². The molecular weight excluding hydrogens is 396 g/mol. The number of fused-ring (bicyclic) bond motifs is 1. The number of carbonyl (C=O) groups excluding carboxylic acids is 4. The summed E-state index contributed by atoms with van der Waals surface area (Å²) in [7, 11) is 0. The van der Waals surface area contributed by atoms with E-state index < -0.39 is 18.5 Å². The normalized spacial score (nSPS) is 15.1. The van der Waals surface area contributed by atoms with Gasteiger partial charge in [-0.25, -0.2) is 0 Å². The van der Waals surface area contributed by atoms with Gasteiger partial charge < -0.3 is 15.4 Å². The highest BCUT2D eigenvalue weighted by Crippen LogP contribution is 2.32. The van der Waals surface area contributed by atoms with Gasteiger partial charge in [-0.1, -0.05) is 32.9 Å². The van der Waals surface area contributed by atoms with Gasteiger partial charge in [0.05, 0.1) is 5.92 Å². The predicted octanol–water partition coefficient (Wildman–Crippen LogP) is 3.20. The molecule has 7 heteroatoms. The molecule has 31 heavy (non-hydrogen) atoms. The maximum absolute atomic E-state index is 12.3. The second-order valence-electron chi connectivity index (χ2n) is 8.61. The van der Waals surface area contributed by atoms with E-state index in [9.17, 15) is 19.2 Å². The Kier molecular flexibility index (Phi) is 6.24. The molecule has 0 unspecified atom stereocenters. The lowest BCUT2D eigenvalue weighted by atomic mass is 9.87. The van der Waals surface area contributed by atoms with E-state index in [0.29, 0.717) is 16.8 Å². The first-order valence-corrected chi connectivity index (χ1v) is 10.1. The Balaban J connectivity index is 1.49. The number of ether oxygens (including phenoxy) is 1. The van der Waals surface area contributed by atoms with Crippen LogP contribution in [-0.2, 0) is 19.7 Å². The van der Waals surface area contributed by atoms with E-state index in [1.807, 2.05) is 12.1 Å². The van der Waals surface area contributed by atoms with E-state index in [2.05, 4.69) is 31.4 Å². The van der Waals surface area contributed by atoms with E-state index in [1.54, 1.807) is 37.3 Å². The van der Waals surface area contributed by atoms with Gasteiger partial charge in [0, 0.05) is 16.8 Å². The highest BCUT2D eigenvalue weighted by atomic mass is 16.5. The number of rotatable bonds is 6. The quantitative estimate of drug-likeness (QED) is 0.550. The van der Waals surface area contributed by atoms with Crippen molar-refractivity contribution in [3.63, 3.8) is 0 Å². The number of carbonyl (C=O) groups is 4. The maximum atomic E-state index is 12.3. The Morgan fingerprint density at radius 3 is 2.32 bits per heavy atom. The molecule has 0 saturated carbocycles. The molecule has 162 valence electrons. The topological polar surface area (TPSA) is 102 Å². The summed E-state index contributed by atoms with van der Waals surface area (Å²) in [5.74, 6) is -1.94. The van der Waals surface area contributed by atoms with Crippen LogP contribution in [-0.4, -0.2) is 36.7 Å². The molecule has 1 atom stereocenters. The molecule has 3 rings (SSSR count). The van der Waals surface area contributed by atoms with E-state index in [0.717, 1.165) is 11.1 Å². The molecule has 0 spiro atoms. The summed E-state index contributed by atoms with van der Waals surface area (Å²) in [5.41, 5.74) is 3.30. The van der Waals surface area contributed by atoms with Crippen molar-refractivity contribution in [2.75, 3.05) is 18.5 Å². The third kappa shape index (κ3) is 5.17. The fourth-order valence-electron chi connectivity index (χ4n) is 3.25. The smallest absolute Gasteiger partial charge is 0.325 e. The van der Waals surface area contributed by atoms with Gasteiger partial charge in [-0.3, -0.25) is 19.2 Å². The Hall–Kier alpha value is -3.48. The average Bonchev–Trinajstić information content (AvgIpc) is 3.02. The SMILES string of the molecule is C[C@H]1C(=O)Nc2ccc(C(=O)COC(=O)CNC(=O)c3ccc(C(C)(C)C)cc3)cc21. The van der Waals surface area contributed by atoms with E-state index in [4.69, 9.17) is 4.74 Å². The van der Waals surface area contributed by atoms with Crippen LogP contribution in [0.4, 0.5) is 5.69 Å². The molecular formula is C24H26N2O5. The molecule has 2 aromatic carbocycles. The molecule has 2 amide bonds. The maximum Gasteiger partial charge on any atom is 0.325 e. The van der Waals surface area contributed by atoms with Crippen molar-refractivity contribution in [3.8, 4) is 0 Å². The highest BCUT2D eigenvalue weighted by molar-refractivity contribution is 6.05. The number of ketones is 1. The van der Waals surface area contributed by atoms with Crippen molar-refractivity contribution in [1.82, 2.24) is 5.32 Å². The van der Waals surface area contributed by atoms with Crippen molar-refractivity contribution < 1.29 is 23.9 Å². The minimum Gasteiger partial charge on any atom is -0.456 e. The number of anilines is 1. The first-order valence-electron chi connectivity index (χ1n) is 10.1. The molecule has 0 aromatic heterocycles. The Morgan fingerprint density at radius 1 is 1.03 bits per heavy atom. The van der Waals surface area contributed by atoms with Crippen LogP contribution in [0.15, 0.2) is 42.5 Å². The second kappa shape index (κ2) is 8.71. The molecule has 0 aliphatic carbocycles. The summed E-state index contributed by atoms with van der Waals surface area (Å²) >= 11 is 0. The monoisotopic (exact) mass is 422 g/mol. The van der Waals surface area contributed by atoms with Gasteiger partial charge in [-0.2, -0.15) is 0 Å². The predicted molar refractivity (Wildman–Crippen MR) is 116 cm³/mol. The molecule has 0 saturated heterocycles. The van der Waals surface area contributed by atoms with Crippen LogP contribution in [0, 0.1) is 0 Å². The molecule has 0 fully saturated rings. The fraction of sp³-hybridized carbons (Fsp3) is 0.333. The number of benzene rings is 2. The zero-order chi connectivity index (χ0) is 22.8. The Bertz CT molecular complexity index is 1030. The molecule has 1 aliphatic heterocycles. The molecule has 1 heterocycles. The number of hydrogen-bond acceptors (Lipinski definition) is 5. The minimum absolute atomic E-state index is 0.0196. The van der Waals surface area contributed by atoms with Gasteiger partial charge >= 0.3 is 5.97 Å². The van der Waals surface area contributed by atoms with Crippen molar-refractivity contribution in [3.05, 3.63) is 64.7 Å². The highest BCUT2D eigenvalue weighted by Gasteiger charge is 2.27. The lowest BCUT2D eigenvalue weighted by Gasteiger charge is -2.19. The van der Waals surface area contributed by atoms with Crippen LogP contribution in [0.5, 0.6) is 0 Å². The first kappa shape index (κ1) is 22.2. The number of amides is 2. The Morgan fingerprint density at radius 2 is 1.68 bits per heavy atom. The molecule has 2 aromatic rings. The molecule has 0 bridgehead atoms. The average molecular weight is 422 g/mol. The van der Waals surface area contributed by atoms with Crippen LogP contribution in [0.1, 0.15) is 65.5 Å². The molecule has 1 aliphatic rings. The van der Waals surface area contributed by atoms with Crippen molar-refractivity contribution in [1.29, 1.82) is 0 Å². The standard InChI is InChI=1S/C24H26N2O5/c1-14-18-11-16(7-10-19(18)26-22(14)29)20(27)13-31-21(28)12-25-23(30)15-5-8-17(9-6-15)24(2,3)4/h5-11,14H,12-13H2,1-4H3,(H,25,30)(H,26,29)/t14-/m1/s1. The fourth-order valence-corrected chi connectivity index (χ4v) is 3.25. The molecule has 7 nitrogen and oxygen atoms in total. The lowest BCUT2D eigenvalue weighted by Crippen LogP contribution is -2.31. The van der Waals surface area contributed by atoms with Crippen molar-refractivity contribution in [2.24, 2.45) is 0 Å².